The van der Waals surface area contributed by atoms with Gasteiger partial charge in [-0.15, -0.1) is 11.3 Å². The van der Waals surface area contributed by atoms with E-state index in [0.717, 1.165) is 19.0 Å². The van der Waals surface area contributed by atoms with Crippen LogP contribution in [0.5, 0.6) is 0 Å². The van der Waals surface area contributed by atoms with Gasteiger partial charge < -0.3 is 5.32 Å². The van der Waals surface area contributed by atoms with Gasteiger partial charge in [-0.3, -0.25) is 4.90 Å². The molecule has 0 aromatic carbocycles. The SMILES string of the molecule is CCC1CNCC1N(Cc1cccs1)C(C)C. The molecule has 96 valence electrons. The third-order valence-corrected chi connectivity index (χ3v) is 4.70. The molecule has 1 aliphatic heterocycles. The van der Waals surface area contributed by atoms with Gasteiger partial charge in [-0.2, -0.15) is 0 Å². The zero-order valence-corrected chi connectivity index (χ0v) is 12.0. The maximum atomic E-state index is 3.55. The lowest BCUT2D eigenvalue weighted by Gasteiger charge is -2.35. The predicted octanol–water partition coefficient (Wildman–Crippen LogP) is 2.96. The van der Waals surface area contributed by atoms with Crippen molar-refractivity contribution in [1.82, 2.24) is 10.2 Å². The summed E-state index contributed by atoms with van der Waals surface area (Å²) in [5, 5.41) is 5.73. The Hall–Kier alpha value is -0.380. The standard InChI is InChI=1S/C14H24N2S/c1-4-12-8-15-9-14(12)16(11(2)3)10-13-6-5-7-17-13/h5-7,11-12,14-15H,4,8-10H2,1-3H3. The zero-order valence-electron chi connectivity index (χ0n) is 11.1. The monoisotopic (exact) mass is 252 g/mol. The summed E-state index contributed by atoms with van der Waals surface area (Å²) in [6.07, 6.45) is 1.28. The lowest BCUT2D eigenvalue weighted by molar-refractivity contribution is 0.124. The minimum absolute atomic E-state index is 0.621. The molecule has 3 heteroatoms. The summed E-state index contributed by atoms with van der Waals surface area (Å²) < 4.78 is 0. The Morgan fingerprint density at radius 1 is 1.47 bits per heavy atom. The van der Waals surface area contributed by atoms with Crippen LogP contribution >= 0.6 is 11.3 Å². The van der Waals surface area contributed by atoms with Gasteiger partial charge in [0, 0.05) is 30.1 Å². The third kappa shape index (κ3) is 3.09. The number of thiophene rings is 1. The van der Waals surface area contributed by atoms with E-state index in [1.54, 1.807) is 0 Å². The molecule has 2 nitrogen and oxygen atoms in total. The highest BCUT2D eigenvalue weighted by molar-refractivity contribution is 7.09. The molecule has 1 aromatic heterocycles. The van der Waals surface area contributed by atoms with Crippen molar-refractivity contribution in [2.24, 2.45) is 5.92 Å². The van der Waals surface area contributed by atoms with Gasteiger partial charge in [0.05, 0.1) is 0 Å². The molecule has 1 aliphatic rings. The Morgan fingerprint density at radius 2 is 2.29 bits per heavy atom. The number of nitrogens with one attached hydrogen (secondary N) is 1. The first-order chi connectivity index (χ1) is 8.22. The van der Waals surface area contributed by atoms with Crippen LogP contribution in [0.15, 0.2) is 17.5 Å². The molecule has 0 amide bonds. The van der Waals surface area contributed by atoms with E-state index in [9.17, 15) is 0 Å². The average Bonchev–Trinajstić information content (AvgIpc) is 2.96. The molecule has 0 radical (unpaired) electrons. The van der Waals surface area contributed by atoms with Crippen LogP contribution in [0.25, 0.3) is 0 Å². The average molecular weight is 252 g/mol. The summed E-state index contributed by atoms with van der Waals surface area (Å²) in [4.78, 5) is 4.15. The molecule has 2 atom stereocenters. The molecular weight excluding hydrogens is 228 g/mol. The molecule has 17 heavy (non-hydrogen) atoms. The Bertz CT molecular complexity index is 321. The first-order valence-corrected chi connectivity index (χ1v) is 7.59. The van der Waals surface area contributed by atoms with Crippen LogP contribution in [0, 0.1) is 5.92 Å². The third-order valence-electron chi connectivity index (χ3n) is 3.84. The fourth-order valence-corrected chi connectivity index (χ4v) is 3.50. The molecule has 0 spiro atoms. The molecule has 0 saturated carbocycles. The lowest BCUT2D eigenvalue weighted by Crippen LogP contribution is -2.44. The summed E-state index contributed by atoms with van der Waals surface area (Å²) in [6.45, 7) is 10.4. The lowest BCUT2D eigenvalue weighted by atomic mass is 9.98. The molecular formula is C14H24N2S. The summed E-state index contributed by atoms with van der Waals surface area (Å²) in [6, 6.07) is 5.74. The molecule has 1 saturated heterocycles. The Labute approximate surface area is 109 Å². The van der Waals surface area contributed by atoms with Crippen molar-refractivity contribution in [3.05, 3.63) is 22.4 Å². The van der Waals surface area contributed by atoms with E-state index >= 15 is 0 Å². The zero-order chi connectivity index (χ0) is 12.3. The smallest absolute Gasteiger partial charge is 0.0334 e. The second-order valence-electron chi connectivity index (χ2n) is 5.24. The largest absolute Gasteiger partial charge is 0.315 e. The Morgan fingerprint density at radius 3 is 2.88 bits per heavy atom. The van der Waals surface area contributed by atoms with Crippen molar-refractivity contribution in [3.8, 4) is 0 Å². The maximum Gasteiger partial charge on any atom is 0.0334 e. The van der Waals surface area contributed by atoms with E-state index in [1.807, 2.05) is 11.3 Å². The van der Waals surface area contributed by atoms with Gasteiger partial charge in [0.25, 0.3) is 0 Å². The van der Waals surface area contributed by atoms with Gasteiger partial charge in [-0.1, -0.05) is 19.4 Å². The van der Waals surface area contributed by atoms with E-state index in [1.165, 1.54) is 17.8 Å². The summed E-state index contributed by atoms with van der Waals surface area (Å²) in [5.41, 5.74) is 0. The van der Waals surface area contributed by atoms with Crippen LogP contribution in [0.2, 0.25) is 0 Å². The first kappa shape index (κ1) is 13.1. The van der Waals surface area contributed by atoms with Crippen molar-refractivity contribution < 1.29 is 0 Å². The minimum Gasteiger partial charge on any atom is -0.315 e. The van der Waals surface area contributed by atoms with Gasteiger partial charge in [0.1, 0.15) is 0 Å². The van der Waals surface area contributed by atoms with Crippen molar-refractivity contribution in [1.29, 1.82) is 0 Å². The van der Waals surface area contributed by atoms with Crippen LogP contribution in [0.3, 0.4) is 0 Å². The highest BCUT2D eigenvalue weighted by Crippen LogP contribution is 2.24. The van der Waals surface area contributed by atoms with Gasteiger partial charge >= 0.3 is 0 Å². The molecule has 2 unspecified atom stereocenters. The van der Waals surface area contributed by atoms with E-state index < -0.39 is 0 Å². The van der Waals surface area contributed by atoms with Crippen molar-refractivity contribution in [2.45, 2.75) is 45.8 Å². The molecule has 2 rings (SSSR count). The number of nitrogens with zero attached hydrogens (tertiary/aromatic N) is 1. The topological polar surface area (TPSA) is 15.3 Å². The van der Waals surface area contributed by atoms with Crippen LogP contribution in [0.1, 0.15) is 32.1 Å². The highest BCUT2D eigenvalue weighted by atomic mass is 32.1. The number of hydrogen-bond donors (Lipinski definition) is 1. The van der Waals surface area contributed by atoms with Crippen molar-refractivity contribution in [2.75, 3.05) is 13.1 Å². The Balaban J connectivity index is 2.06. The summed E-state index contributed by atoms with van der Waals surface area (Å²) in [5.74, 6) is 0.817. The van der Waals surface area contributed by atoms with Crippen molar-refractivity contribution >= 4 is 11.3 Å². The first-order valence-electron chi connectivity index (χ1n) is 6.71. The number of hydrogen-bond acceptors (Lipinski definition) is 3. The molecule has 1 fully saturated rings. The number of rotatable bonds is 5. The normalized spacial score (nSPS) is 25.0. The van der Waals surface area contributed by atoms with E-state index in [0.29, 0.717) is 12.1 Å². The van der Waals surface area contributed by atoms with Crippen LogP contribution in [-0.2, 0) is 6.54 Å². The minimum atomic E-state index is 0.621. The fourth-order valence-electron chi connectivity index (χ4n) is 2.79. The molecule has 1 aromatic rings. The van der Waals surface area contributed by atoms with Crippen LogP contribution in [0.4, 0.5) is 0 Å². The molecule has 2 heterocycles. The van der Waals surface area contributed by atoms with Crippen LogP contribution in [-0.4, -0.2) is 30.1 Å². The van der Waals surface area contributed by atoms with E-state index in [-0.39, 0.29) is 0 Å². The molecule has 1 N–H and O–H groups in total. The highest BCUT2D eigenvalue weighted by Gasteiger charge is 2.32. The van der Waals surface area contributed by atoms with Gasteiger partial charge in [-0.05, 0) is 37.8 Å². The summed E-state index contributed by atoms with van der Waals surface area (Å²) >= 11 is 1.87. The van der Waals surface area contributed by atoms with Gasteiger partial charge in [-0.25, -0.2) is 0 Å². The van der Waals surface area contributed by atoms with Crippen molar-refractivity contribution in [3.63, 3.8) is 0 Å². The van der Waals surface area contributed by atoms with E-state index in [2.05, 4.69) is 48.5 Å². The fraction of sp³-hybridized carbons (Fsp3) is 0.714. The Kier molecular flexibility index (Phi) is 4.60. The quantitative estimate of drug-likeness (QED) is 0.867. The molecule has 0 bridgehead atoms. The second-order valence-corrected chi connectivity index (χ2v) is 6.27. The van der Waals surface area contributed by atoms with Gasteiger partial charge in [0.2, 0.25) is 0 Å². The molecule has 0 aliphatic carbocycles. The predicted molar refractivity (Wildman–Crippen MR) is 75.4 cm³/mol. The van der Waals surface area contributed by atoms with E-state index in [4.69, 9.17) is 0 Å². The summed E-state index contributed by atoms with van der Waals surface area (Å²) in [7, 11) is 0. The maximum absolute atomic E-state index is 3.55. The van der Waals surface area contributed by atoms with Gasteiger partial charge in [0.15, 0.2) is 0 Å². The second kappa shape index (κ2) is 5.98. The van der Waals surface area contributed by atoms with Crippen LogP contribution < -0.4 is 5.32 Å².